The van der Waals surface area contributed by atoms with Gasteiger partial charge in [0.1, 0.15) is 0 Å². The number of hydrogen-bond donors (Lipinski definition) is 2. The first kappa shape index (κ1) is 11.7. The van der Waals surface area contributed by atoms with Crippen molar-refractivity contribution in [3.8, 4) is 0 Å². The molecule has 1 aliphatic carbocycles. The van der Waals surface area contributed by atoms with Gasteiger partial charge in [0.2, 0.25) is 0 Å². The lowest BCUT2D eigenvalue weighted by Gasteiger charge is -2.32. The Morgan fingerprint density at radius 2 is 2.17 bits per heavy atom. The molecule has 3 rings (SSSR count). The van der Waals surface area contributed by atoms with Crippen LogP contribution in [0.1, 0.15) is 47.5 Å². The van der Waals surface area contributed by atoms with Gasteiger partial charge in [-0.3, -0.25) is 0 Å². The quantitative estimate of drug-likeness (QED) is 0.842. The molecular formula is C15H19NO2. The molecule has 1 saturated carbocycles. The monoisotopic (exact) mass is 245 g/mol. The van der Waals surface area contributed by atoms with Gasteiger partial charge in [0.15, 0.2) is 0 Å². The van der Waals surface area contributed by atoms with Gasteiger partial charge < -0.3 is 10.4 Å². The van der Waals surface area contributed by atoms with Gasteiger partial charge in [0.05, 0.1) is 5.56 Å². The van der Waals surface area contributed by atoms with E-state index in [1.807, 2.05) is 12.1 Å². The first-order valence-electron chi connectivity index (χ1n) is 6.80. The van der Waals surface area contributed by atoms with Crippen LogP contribution in [0, 0.1) is 5.92 Å². The minimum Gasteiger partial charge on any atom is -0.478 e. The van der Waals surface area contributed by atoms with Gasteiger partial charge in [0.25, 0.3) is 0 Å². The van der Waals surface area contributed by atoms with Crippen molar-refractivity contribution in [1.29, 1.82) is 0 Å². The molecule has 1 aromatic rings. The first-order valence-corrected chi connectivity index (χ1v) is 6.80. The molecule has 0 bridgehead atoms. The van der Waals surface area contributed by atoms with Crippen molar-refractivity contribution in [2.75, 3.05) is 6.54 Å². The summed E-state index contributed by atoms with van der Waals surface area (Å²) in [4.78, 5) is 11.0. The highest BCUT2D eigenvalue weighted by molar-refractivity contribution is 5.87. The average Bonchev–Trinajstić information content (AvgIpc) is 2.86. The third-order valence-corrected chi connectivity index (χ3v) is 4.51. The molecule has 3 atom stereocenters. The van der Waals surface area contributed by atoms with E-state index in [4.69, 9.17) is 5.11 Å². The molecule has 96 valence electrons. The highest BCUT2D eigenvalue weighted by Crippen LogP contribution is 2.39. The van der Waals surface area contributed by atoms with E-state index < -0.39 is 5.97 Å². The van der Waals surface area contributed by atoms with E-state index in [9.17, 15) is 4.79 Å². The van der Waals surface area contributed by atoms with Crippen LogP contribution < -0.4 is 5.32 Å². The predicted octanol–water partition coefficient (Wildman–Crippen LogP) is 2.63. The lowest BCUT2D eigenvalue weighted by Crippen LogP contribution is -2.32. The molecule has 0 amide bonds. The normalized spacial score (nSPS) is 31.0. The summed E-state index contributed by atoms with van der Waals surface area (Å²) in [6, 6.07) is 8.20. The summed E-state index contributed by atoms with van der Waals surface area (Å²) in [5, 5.41) is 12.6. The molecule has 1 heterocycles. The van der Waals surface area contributed by atoms with Crippen LogP contribution in [0.2, 0.25) is 0 Å². The van der Waals surface area contributed by atoms with Crippen LogP contribution in [-0.4, -0.2) is 23.7 Å². The van der Waals surface area contributed by atoms with Gasteiger partial charge in [-0.25, -0.2) is 4.79 Å². The van der Waals surface area contributed by atoms with Gasteiger partial charge in [-0.2, -0.15) is 0 Å². The molecular weight excluding hydrogens is 226 g/mol. The smallest absolute Gasteiger partial charge is 0.335 e. The van der Waals surface area contributed by atoms with Gasteiger partial charge >= 0.3 is 5.97 Å². The number of hydrogen-bond acceptors (Lipinski definition) is 2. The summed E-state index contributed by atoms with van der Waals surface area (Å²) in [5.41, 5.74) is 1.62. The number of fused-ring (bicyclic) bond motifs is 1. The highest BCUT2D eigenvalue weighted by atomic mass is 16.4. The Bertz CT molecular complexity index is 458. The standard InChI is InChI=1S/C15H19NO2/c17-15(18)13-3-1-2-10(9-13)11-4-5-14-12(8-11)6-7-16-14/h1-3,9,11-12,14,16H,4-8H2,(H,17,18). The maximum absolute atomic E-state index is 11.0. The number of carboxylic acids is 1. The molecule has 3 heteroatoms. The second-order valence-electron chi connectivity index (χ2n) is 5.55. The van der Waals surface area contributed by atoms with Crippen molar-refractivity contribution < 1.29 is 9.90 Å². The van der Waals surface area contributed by atoms with Gasteiger partial charge in [0, 0.05) is 6.04 Å². The Hall–Kier alpha value is -1.35. The van der Waals surface area contributed by atoms with Gasteiger partial charge in [-0.15, -0.1) is 0 Å². The molecule has 2 N–H and O–H groups in total. The van der Waals surface area contributed by atoms with Crippen molar-refractivity contribution in [2.24, 2.45) is 5.92 Å². The van der Waals surface area contributed by atoms with Crippen LogP contribution in [0.15, 0.2) is 24.3 Å². The minimum absolute atomic E-state index is 0.416. The minimum atomic E-state index is -0.826. The zero-order valence-electron chi connectivity index (χ0n) is 10.4. The topological polar surface area (TPSA) is 49.3 Å². The predicted molar refractivity (Wildman–Crippen MR) is 69.9 cm³/mol. The second-order valence-corrected chi connectivity index (χ2v) is 5.55. The van der Waals surface area contributed by atoms with Gasteiger partial charge in [-0.1, -0.05) is 12.1 Å². The number of benzene rings is 1. The number of carbonyl (C=O) groups is 1. The molecule has 1 saturated heterocycles. The van der Waals surface area contributed by atoms with Crippen molar-refractivity contribution in [1.82, 2.24) is 5.32 Å². The zero-order chi connectivity index (χ0) is 12.5. The first-order chi connectivity index (χ1) is 8.74. The fraction of sp³-hybridized carbons (Fsp3) is 0.533. The largest absolute Gasteiger partial charge is 0.478 e. The fourth-order valence-electron chi connectivity index (χ4n) is 3.53. The number of nitrogens with one attached hydrogen (secondary N) is 1. The van der Waals surface area contributed by atoms with Crippen LogP contribution in [0.5, 0.6) is 0 Å². The lowest BCUT2D eigenvalue weighted by atomic mass is 9.75. The van der Waals surface area contributed by atoms with Crippen LogP contribution in [0.25, 0.3) is 0 Å². The van der Waals surface area contributed by atoms with E-state index in [2.05, 4.69) is 11.4 Å². The number of carboxylic acid groups (broad SMARTS) is 1. The van der Waals surface area contributed by atoms with Crippen LogP contribution in [-0.2, 0) is 0 Å². The maximum Gasteiger partial charge on any atom is 0.335 e. The Balaban J connectivity index is 1.78. The van der Waals surface area contributed by atoms with E-state index in [1.54, 1.807) is 6.07 Å². The average molecular weight is 245 g/mol. The summed E-state index contributed by atoms with van der Waals surface area (Å²) in [6.07, 6.45) is 4.89. The van der Waals surface area contributed by atoms with E-state index in [0.717, 1.165) is 12.5 Å². The SMILES string of the molecule is O=C(O)c1cccc(C2CCC3NCCC3C2)c1. The van der Waals surface area contributed by atoms with Crippen LogP contribution in [0.3, 0.4) is 0 Å². The molecule has 0 spiro atoms. The van der Waals surface area contributed by atoms with Crippen molar-refractivity contribution >= 4 is 5.97 Å². The molecule has 2 fully saturated rings. The van der Waals surface area contributed by atoms with Crippen LogP contribution in [0.4, 0.5) is 0 Å². The Kier molecular flexibility index (Phi) is 3.08. The van der Waals surface area contributed by atoms with Crippen molar-refractivity contribution in [3.63, 3.8) is 0 Å². The summed E-state index contributed by atoms with van der Waals surface area (Å²) < 4.78 is 0. The van der Waals surface area contributed by atoms with Crippen LogP contribution >= 0.6 is 0 Å². The van der Waals surface area contributed by atoms with E-state index in [1.165, 1.54) is 31.2 Å². The number of aromatic carboxylic acids is 1. The number of rotatable bonds is 2. The van der Waals surface area contributed by atoms with Crippen molar-refractivity contribution in [3.05, 3.63) is 35.4 Å². The molecule has 0 radical (unpaired) electrons. The Labute approximate surface area is 107 Å². The molecule has 3 unspecified atom stereocenters. The third kappa shape index (κ3) is 2.15. The molecule has 3 nitrogen and oxygen atoms in total. The summed E-state index contributed by atoms with van der Waals surface area (Å²) >= 11 is 0. The Morgan fingerprint density at radius 1 is 1.28 bits per heavy atom. The summed E-state index contributed by atoms with van der Waals surface area (Å²) in [7, 11) is 0. The second kappa shape index (κ2) is 4.73. The summed E-state index contributed by atoms with van der Waals surface area (Å²) in [5.74, 6) is 0.510. The van der Waals surface area contributed by atoms with Gasteiger partial charge in [-0.05, 0) is 61.8 Å². The maximum atomic E-state index is 11.0. The van der Waals surface area contributed by atoms with E-state index in [-0.39, 0.29) is 0 Å². The zero-order valence-corrected chi connectivity index (χ0v) is 10.4. The fourth-order valence-corrected chi connectivity index (χ4v) is 3.53. The van der Waals surface area contributed by atoms with E-state index >= 15 is 0 Å². The molecule has 18 heavy (non-hydrogen) atoms. The molecule has 0 aromatic heterocycles. The Morgan fingerprint density at radius 3 is 3.00 bits per heavy atom. The third-order valence-electron chi connectivity index (χ3n) is 4.51. The molecule has 1 aromatic carbocycles. The lowest BCUT2D eigenvalue weighted by molar-refractivity contribution is 0.0696. The highest BCUT2D eigenvalue weighted by Gasteiger charge is 2.34. The summed E-state index contributed by atoms with van der Waals surface area (Å²) in [6.45, 7) is 1.15. The molecule has 2 aliphatic rings. The van der Waals surface area contributed by atoms with E-state index in [0.29, 0.717) is 17.5 Å². The van der Waals surface area contributed by atoms with Crippen molar-refractivity contribution in [2.45, 2.75) is 37.6 Å². The molecule has 1 aliphatic heterocycles.